The number of oxime groups is 1. The molecule has 122 valence electrons. The van der Waals surface area contributed by atoms with E-state index in [1.807, 2.05) is 19.1 Å². The molecule has 0 radical (unpaired) electrons. The second-order valence-electron chi connectivity index (χ2n) is 5.12. The Labute approximate surface area is 136 Å². The highest BCUT2D eigenvalue weighted by atomic mass is 16.5. The SMILES string of the molecule is COc1ccc(C=NO)cc1OCCOc1ccc(C)cc1C. The zero-order valence-electron chi connectivity index (χ0n) is 13.6. The first kappa shape index (κ1) is 16.7. The van der Waals surface area contributed by atoms with Crippen molar-refractivity contribution in [3.05, 3.63) is 53.1 Å². The fourth-order valence-corrected chi connectivity index (χ4v) is 2.22. The van der Waals surface area contributed by atoms with Crippen LogP contribution in [0.1, 0.15) is 16.7 Å². The molecule has 0 aliphatic carbocycles. The minimum atomic E-state index is 0.378. The largest absolute Gasteiger partial charge is 0.493 e. The van der Waals surface area contributed by atoms with E-state index < -0.39 is 0 Å². The highest BCUT2D eigenvalue weighted by molar-refractivity contribution is 5.80. The van der Waals surface area contributed by atoms with Gasteiger partial charge in [-0.3, -0.25) is 0 Å². The second kappa shape index (κ2) is 8.08. The molecular formula is C18H21NO4. The van der Waals surface area contributed by atoms with Crippen LogP contribution >= 0.6 is 0 Å². The number of aryl methyl sites for hydroxylation is 2. The van der Waals surface area contributed by atoms with Crippen LogP contribution in [0.3, 0.4) is 0 Å². The van der Waals surface area contributed by atoms with Crippen LogP contribution in [0.4, 0.5) is 0 Å². The van der Waals surface area contributed by atoms with E-state index >= 15 is 0 Å². The quantitative estimate of drug-likeness (QED) is 0.367. The van der Waals surface area contributed by atoms with Crippen LogP contribution in [0.25, 0.3) is 0 Å². The average molecular weight is 315 g/mol. The monoisotopic (exact) mass is 315 g/mol. The lowest BCUT2D eigenvalue weighted by Crippen LogP contribution is -2.10. The van der Waals surface area contributed by atoms with E-state index in [-0.39, 0.29) is 0 Å². The Bertz CT molecular complexity index is 683. The first-order valence-corrected chi connectivity index (χ1v) is 7.32. The third-order valence-electron chi connectivity index (χ3n) is 3.32. The first-order valence-electron chi connectivity index (χ1n) is 7.32. The molecule has 5 nitrogen and oxygen atoms in total. The summed E-state index contributed by atoms with van der Waals surface area (Å²) in [5, 5.41) is 11.6. The normalized spacial score (nSPS) is 10.7. The summed E-state index contributed by atoms with van der Waals surface area (Å²) in [5.74, 6) is 2.05. The number of methoxy groups -OCH3 is 1. The molecule has 5 heteroatoms. The lowest BCUT2D eigenvalue weighted by Gasteiger charge is -2.13. The van der Waals surface area contributed by atoms with Gasteiger partial charge in [-0.1, -0.05) is 22.9 Å². The van der Waals surface area contributed by atoms with Crippen LogP contribution in [-0.2, 0) is 0 Å². The summed E-state index contributed by atoms with van der Waals surface area (Å²) in [4.78, 5) is 0. The fourth-order valence-electron chi connectivity index (χ4n) is 2.22. The molecule has 0 aromatic heterocycles. The highest BCUT2D eigenvalue weighted by Crippen LogP contribution is 2.27. The zero-order valence-corrected chi connectivity index (χ0v) is 13.6. The number of hydrogen-bond acceptors (Lipinski definition) is 5. The van der Waals surface area contributed by atoms with Gasteiger partial charge in [0, 0.05) is 5.56 Å². The standard InChI is InChI=1S/C18H21NO4/c1-13-4-6-16(14(2)10-13)22-8-9-23-18-11-15(12-19-20)5-7-17(18)21-3/h4-7,10-12,20H,8-9H2,1-3H3. The Morgan fingerprint density at radius 2 is 1.65 bits per heavy atom. The van der Waals surface area contributed by atoms with Crippen molar-refractivity contribution >= 4 is 6.21 Å². The van der Waals surface area contributed by atoms with Gasteiger partial charge in [-0.15, -0.1) is 0 Å². The third kappa shape index (κ3) is 4.64. The van der Waals surface area contributed by atoms with E-state index in [2.05, 4.69) is 18.1 Å². The summed E-state index contributed by atoms with van der Waals surface area (Å²) in [5.41, 5.74) is 3.03. The van der Waals surface area contributed by atoms with Gasteiger partial charge >= 0.3 is 0 Å². The van der Waals surface area contributed by atoms with Crippen LogP contribution in [-0.4, -0.2) is 31.7 Å². The van der Waals surface area contributed by atoms with Gasteiger partial charge in [-0.05, 0) is 43.7 Å². The molecule has 0 saturated heterocycles. The molecule has 0 fully saturated rings. The molecule has 2 aromatic carbocycles. The lowest BCUT2D eigenvalue weighted by atomic mass is 10.1. The molecule has 0 atom stereocenters. The van der Waals surface area contributed by atoms with Gasteiger partial charge in [0.2, 0.25) is 0 Å². The Kier molecular flexibility index (Phi) is 5.86. The molecule has 0 saturated carbocycles. The first-order chi connectivity index (χ1) is 11.1. The van der Waals surface area contributed by atoms with Crippen molar-refractivity contribution in [3.8, 4) is 17.2 Å². The van der Waals surface area contributed by atoms with E-state index in [0.717, 1.165) is 16.9 Å². The molecule has 23 heavy (non-hydrogen) atoms. The number of benzene rings is 2. The molecule has 2 aromatic rings. The number of rotatable bonds is 7. The topological polar surface area (TPSA) is 60.3 Å². The molecule has 0 aliphatic rings. The van der Waals surface area contributed by atoms with E-state index in [0.29, 0.717) is 24.7 Å². The molecule has 0 heterocycles. The van der Waals surface area contributed by atoms with Gasteiger partial charge in [0.15, 0.2) is 11.5 Å². The Morgan fingerprint density at radius 1 is 0.957 bits per heavy atom. The van der Waals surface area contributed by atoms with Crippen molar-refractivity contribution in [2.75, 3.05) is 20.3 Å². The molecule has 0 unspecified atom stereocenters. The molecular weight excluding hydrogens is 294 g/mol. The predicted molar refractivity (Wildman–Crippen MR) is 89.3 cm³/mol. The maximum atomic E-state index is 8.60. The Balaban J connectivity index is 1.94. The predicted octanol–water partition coefficient (Wildman–Crippen LogP) is 3.58. The van der Waals surface area contributed by atoms with Crippen molar-refractivity contribution in [1.82, 2.24) is 0 Å². The number of hydrogen-bond donors (Lipinski definition) is 1. The van der Waals surface area contributed by atoms with Crippen LogP contribution in [0.5, 0.6) is 17.2 Å². The summed E-state index contributed by atoms with van der Waals surface area (Å²) in [7, 11) is 1.58. The second-order valence-corrected chi connectivity index (χ2v) is 5.12. The molecule has 2 rings (SSSR count). The Hall–Kier alpha value is -2.69. The van der Waals surface area contributed by atoms with Crippen molar-refractivity contribution < 1.29 is 19.4 Å². The van der Waals surface area contributed by atoms with Crippen LogP contribution in [0.15, 0.2) is 41.6 Å². The van der Waals surface area contributed by atoms with Crippen molar-refractivity contribution in [3.63, 3.8) is 0 Å². The van der Waals surface area contributed by atoms with E-state index in [9.17, 15) is 0 Å². The molecule has 0 amide bonds. The average Bonchev–Trinajstić information content (AvgIpc) is 2.54. The summed E-state index contributed by atoms with van der Waals surface area (Å²) >= 11 is 0. The van der Waals surface area contributed by atoms with Crippen molar-refractivity contribution in [2.24, 2.45) is 5.16 Å². The van der Waals surface area contributed by atoms with Crippen molar-refractivity contribution in [1.29, 1.82) is 0 Å². The van der Waals surface area contributed by atoms with Gasteiger partial charge in [-0.25, -0.2) is 0 Å². The van der Waals surface area contributed by atoms with Crippen LogP contribution in [0.2, 0.25) is 0 Å². The summed E-state index contributed by atoms with van der Waals surface area (Å²) in [6.07, 6.45) is 1.33. The fraction of sp³-hybridized carbons (Fsp3) is 0.278. The molecule has 1 N–H and O–H groups in total. The minimum absolute atomic E-state index is 0.378. The van der Waals surface area contributed by atoms with Gasteiger partial charge in [0.25, 0.3) is 0 Å². The molecule has 0 spiro atoms. The molecule has 0 aliphatic heterocycles. The lowest BCUT2D eigenvalue weighted by molar-refractivity contribution is 0.210. The summed E-state index contributed by atoms with van der Waals surface area (Å²) in [6.45, 7) is 4.87. The van der Waals surface area contributed by atoms with Gasteiger partial charge < -0.3 is 19.4 Å². The Morgan fingerprint density at radius 3 is 2.30 bits per heavy atom. The van der Waals surface area contributed by atoms with Crippen LogP contribution in [0, 0.1) is 13.8 Å². The van der Waals surface area contributed by atoms with E-state index in [1.165, 1.54) is 11.8 Å². The summed E-state index contributed by atoms with van der Waals surface area (Å²) in [6, 6.07) is 11.3. The van der Waals surface area contributed by atoms with Gasteiger partial charge in [-0.2, -0.15) is 0 Å². The summed E-state index contributed by atoms with van der Waals surface area (Å²) < 4.78 is 16.7. The highest BCUT2D eigenvalue weighted by Gasteiger charge is 2.06. The maximum Gasteiger partial charge on any atom is 0.161 e. The van der Waals surface area contributed by atoms with Crippen molar-refractivity contribution in [2.45, 2.75) is 13.8 Å². The number of ether oxygens (including phenoxy) is 3. The van der Waals surface area contributed by atoms with Gasteiger partial charge in [0.05, 0.1) is 13.3 Å². The zero-order chi connectivity index (χ0) is 16.7. The van der Waals surface area contributed by atoms with Crippen LogP contribution < -0.4 is 14.2 Å². The third-order valence-corrected chi connectivity index (χ3v) is 3.32. The van der Waals surface area contributed by atoms with Gasteiger partial charge in [0.1, 0.15) is 19.0 Å². The maximum absolute atomic E-state index is 8.60. The number of nitrogens with zero attached hydrogens (tertiary/aromatic N) is 1. The smallest absolute Gasteiger partial charge is 0.161 e. The molecule has 0 bridgehead atoms. The van der Waals surface area contributed by atoms with E-state index in [4.69, 9.17) is 19.4 Å². The minimum Gasteiger partial charge on any atom is -0.493 e. The van der Waals surface area contributed by atoms with E-state index in [1.54, 1.807) is 25.3 Å².